The van der Waals surface area contributed by atoms with Crippen molar-refractivity contribution in [3.63, 3.8) is 0 Å². The maximum Gasteiger partial charge on any atom is 0.221 e. The fourth-order valence-corrected chi connectivity index (χ4v) is 1.78. The molecule has 0 aliphatic rings. The van der Waals surface area contributed by atoms with E-state index in [0.29, 0.717) is 0 Å². The first-order valence-corrected chi connectivity index (χ1v) is 5.61. The minimum Gasteiger partial charge on any atom is -0.326 e. The molecule has 0 aromatic heterocycles. The van der Waals surface area contributed by atoms with Gasteiger partial charge in [0.1, 0.15) is 0 Å². The number of anilines is 1. The van der Waals surface area contributed by atoms with Gasteiger partial charge in [-0.3, -0.25) is 4.79 Å². The van der Waals surface area contributed by atoms with Crippen molar-refractivity contribution in [3.8, 4) is 0 Å². The van der Waals surface area contributed by atoms with Crippen molar-refractivity contribution in [3.05, 3.63) is 28.8 Å². The Labute approximate surface area is 98.1 Å². The van der Waals surface area contributed by atoms with Gasteiger partial charge in [0.2, 0.25) is 5.91 Å². The van der Waals surface area contributed by atoms with Crippen LogP contribution in [-0.4, -0.2) is 5.91 Å². The molecular formula is C14H21NO. The molecule has 0 atom stereocenters. The first-order chi connectivity index (χ1) is 7.23. The van der Waals surface area contributed by atoms with Crippen molar-refractivity contribution in [1.82, 2.24) is 0 Å². The Kier molecular flexibility index (Phi) is 3.41. The number of amides is 1. The van der Waals surface area contributed by atoms with Crippen molar-refractivity contribution in [1.29, 1.82) is 0 Å². The Morgan fingerprint density at radius 1 is 1.19 bits per heavy atom. The highest BCUT2D eigenvalue weighted by molar-refractivity contribution is 5.91. The summed E-state index contributed by atoms with van der Waals surface area (Å²) in [5.41, 5.74) is 4.56. The number of aryl methyl sites for hydroxylation is 1. The molecule has 0 spiro atoms. The van der Waals surface area contributed by atoms with Gasteiger partial charge in [-0.1, -0.05) is 32.9 Å². The molecule has 1 N–H and O–H groups in total. The largest absolute Gasteiger partial charge is 0.326 e. The Hall–Kier alpha value is -1.31. The van der Waals surface area contributed by atoms with E-state index in [9.17, 15) is 4.79 Å². The van der Waals surface area contributed by atoms with E-state index in [4.69, 9.17) is 0 Å². The Morgan fingerprint density at radius 3 is 2.19 bits per heavy atom. The van der Waals surface area contributed by atoms with Crippen LogP contribution in [0.5, 0.6) is 0 Å². The van der Waals surface area contributed by atoms with Gasteiger partial charge in [-0.25, -0.2) is 0 Å². The van der Waals surface area contributed by atoms with Crippen molar-refractivity contribution in [2.24, 2.45) is 0 Å². The fourth-order valence-electron chi connectivity index (χ4n) is 1.78. The van der Waals surface area contributed by atoms with Crippen molar-refractivity contribution in [2.45, 2.75) is 47.0 Å². The zero-order chi connectivity index (χ0) is 12.5. The van der Waals surface area contributed by atoms with Crippen molar-refractivity contribution in [2.75, 3.05) is 5.32 Å². The number of hydrogen-bond donors (Lipinski definition) is 1. The highest BCUT2D eigenvalue weighted by atomic mass is 16.1. The van der Waals surface area contributed by atoms with Gasteiger partial charge in [-0.15, -0.1) is 0 Å². The third-order valence-corrected chi connectivity index (χ3v) is 2.84. The van der Waals surface area contributed by atoms with Crippen LogP contribution in [0.25, 0.3) is 0 Å². The van der Waals surface area contributed by atoms with E-state index >= 15 is 0 Å². The molecule has 16 heavy (non-hydrogen) atoms. The van der Waals surface area contributed by atoms with E-state index in [1.165, 1.54) is 11.1 Å². The number of rotatable bonds is 1. The lowest BCUT2D eigenvalue weighted by molar-refractivity contribution is -0.114. The van der Waals surface area contributed by atoms with Gasteiger partial charge in [0.15, 0.2) is 0 Å². The molecule has 0 saturated carbocycles. The smallest absolute Gasteiger partial charge is 0.221 e. The van der Waals surface area contributed by atoms with Crippen LogP contribution in [0.1, 0.15) is 44.4 Å². The summed E-state index contributed by atoms with van der Waals surface area (Å²) in [7, 11) is 0. The monoisotopic (exact) mass is 219 g/mol. The Balaban J connectivity index is 3.39. The van der Waals surface area contributed by atoms with Gasteiger partial charge >= 0.3 is 0 Å². The standard InChI is InChI=1S/C14H21NO/c1-9-7-8-12(14(4,5)6)13(10(9)2)15-11(3)16/h7-8H,1-6H3,(H,15,16). The third kappa shape index (κ3) is 2.63. The molecule has 0 saturated heterocycles. The zero-order valence-corrected chi connectivity index (χ0v) is 11.1. The van der Waals surface area contributed by atoms with Crippen LogP contribution >= 0.6 is 0 Å². The zero-order valence-electron chi connectivity index (χ0n) is 11.1. The Morgan fingerprint density at radius 2 is 1.75 bits per heavy atom. The van der Waals surface area contributed by atoms with E-state index in [-0.39, 0.29) is 11.3 Å². The molecule has 2 heteroatoms. The second kappa shape index (κ2) is 4.28. The van der Waals surface area contributed by atoms with Gasteiger partial charge in [-0.05, 0) is 36.0 Å². The van der Waals surface area contributed by atoms with Gasteiger partial charge in [-0.2, -0.15) is 0 Å². The molecule has 0 radical (unpaired) electrons. The summed E-state index contributed by atoms with van der Waals surface area (Å²) in [6, 6.07) is 4.22. The molecule has 1 aromatic rings. The fraction of sp³-hybridized carbons (Fsp3) is 0.500. The van der Waals surface area contributed by atoms with E-state index in [2.05, 4.69) is 52.1 Å². The average molecular weight is 219 g/mol. The first-order valence-electron chi connectivity index (χ1n) is 5.61. The quantitative estimate of drug-likeness (QED) is 0.768. The molecule has 1 aromatic carbocycles. The van der Waals surface area contributed by atoms with E-state index in [1.807, 2.05) is 0 Å². The van der Waals surface area contributed by atoms with Gasteiger partial charge in [0.25, 0.3) is 0 Å². The van der Waals surface area contributed by atoms with Crippen LogP contribution in [0, 0.1) is 13.8 Å². The Bertz CT molecular complexity index is 413. The molecule has 0 bridgehead atoms. The number of carbonyl (C=O) groups excluding carboxylic acids is 1. The highest BCUT2D eigenvalue weighted by Crippen LogP contribution is 2.33. The summed E-state index contributed by atoms with van der Waals surface area (Å²) in [4.78, 5) is 11.2. The molecule has 0 aliphatic carbocycles. The molecule has 2 nitrogen and oxygen atoms in total. The van der Waals surface area contributed by atoms with E-state index < -0.39 is 0 Å². The van der Waals surface area contributed by atoms with Crippen LogP contribution in [0.15, 0.2) is 12.1 Å². The average Bonchev–Trinajstić information content (AvgIpc) is 2.10. The first kappa shape index (κ1) is 12.8. The van der Waals surface area contributed by atoms with Crippen LogP contribution in [0.4, 0.5) is 5.69 Å². The lowest BCUT2D eigenvalue weighted by atomic mass is 9.83. The predicted octanol–water partition coefficient (Wildman–Crippen LogP) is 3.56. The van der Waals surface area contributed by atoms with E-state index in [0.717, 1.165) is 11.3 Å². The molecule has 0 fully saturated rings. The summed E-state index contributed by atoms with van der Waals surface area (Å²) in [5, 5.41) is 2.95. The normalized spacial score (nSPS) is 11.4. The van der Waals surface area contributed by atoms with Crippen LogP contribution in [0.3, 0.4) is 0 Å². The summed E-state index contributed by atoms with van der Waals surface area (Å²) in [6.45, 7) is 12.1. The third-order valence-electron chi connectivity index (χ3n) is 2.84. The minimum absolute atomic E-state index is 0.0146. The lowest BCUT2D eigenvalue weighted by Crippen LogP contribution is -2.18. The SMILES string of the molecule is CC(=O)Nc1c(C(C)(C)C)ccc(C)c1C. The molecule has 1 amide bonds. The molecule has 1 rings (SSSR count). The summed E-state index contributed by atoms with van der Waals surface area (Å²) in [6.07, 6.45) is 0. The van der Waals surface area contributed by atoms with E-state index in [1.54, 1.807) is 6.92 Å². The second-order valence-electron chi connectivity index (χ2n) is 5.36. The maximum atomic E-state index is 11.2. The molecule has 0 heterocycles. The van der Waals surface area contributed by atoms with Gasteiger partial charge in [0.05, 0.1) is 0 Å². The van der Waals surface area contributed by atoms with Crippen LogP contribution in [0.2, 0.25) is 0 Å². The molecule has 0 aliphatic heterocycles. The number of hydrogen-bond acceptors (Lipinski definition) is 1. The minimum atomic E-state index is -0.0146. The number of benzene rings is 1. The lowest BCUT2D eigenvalue weighted by Gasteiger charge is -2.25. The second-order valence-corrected chi connectivity index (χ2v) is 5.36. The van der Waals surface area contributed by atoms with Crippen molar-refractivity contribution >= 4 is 11.6 Å². The highest BCUT2D eigenvalue weighted by Gasteiger charge is 2.20. The molecule has 0 unspecified atom stereocenters. The number of carbonyl (C=O) groups is 1. The topological polar surface area (TPSA) is 29.1 Å². The number of nitrogens with one attached hydrogen (secondary N) is 1. The summed E-state index contributed by atoms with van der Waals surface area (Å²) >= 11 is 0. The van der Waals surface area contributed by atoms with Gasteiger partial charge in [0, 0.05) is 12.6 Å². The van der Waals surface area contributed by atoms with Crippen LogP contribution < -0.4 is 5.32 Å². The molecule has 88 valence electrons. The summed E-state index contributed by atoms with van der Waals surface area (Å²) in [5.74, 6) is -0.0146. The summed E-state index contributed by atoms with van der Waals surface area (Å²) < 4.78 is 0. The van der Waals surface area contributed by atoms with Crippen LogP contribution in [-0.2, 0) is 10.2 Å². The predicted molar refractivity (Wildman–Crippen MR) is 68.9 cm³/mol. The maximum absolute atomic E-state index is 11.2. The molecular weight excluding hydrogens is 198 g/mol. The van der Waals surface area contributed by atoms with Gasteiger partial charge < -0.3 is 5.32 Å². The van der Waals surface area contributed by atoms with Crippen molar-refractivity contribution < 1.29 is 4.79 Å².